The van der Waals surface area contributed by atoms with Gasteiger partial charge in [0.05, 0.1) is 24.4 Å². The van der Waals surface area contributed by atoms with Crippen molar-refractivity contribution in [3.05, 3.63) is 0 Å². The first kappa shape index (κ1) is 22.5. The van der Waals surface area contributed by atoms with Crippen LogP contribution in [0.2, 0.25) is 0 Å². The topological polar surface area (TPSA) is 118 Å². The van der Waals surface area contributed by atoms with Crippen LogP contribution in [0.3, 0.4) is 0 Å². The summed E-state index contributed by atoms with van der Waals surface area (Å²) in [5.74, 6) is -0.299. The quantitative estimate of drug-likeness (QED) is 0.473. The Kier molecular flexibility index (Phi) is 5.79. The molecule has 0 aliphatic heterocycles. The normalized spacial score (nSPS) is 54.0. The van der Waals surface area contributed by atoms with Crippen molar-refractivity contribution in [1.29, 1.82) is 0 Å². The van der Waals surface area contributed by atoms with Crippen LogP contribution < -0.4 is 0 Å². The maximum absolute atomic E-state index is 11.5. The van der Waals surface area contributed by atoms with Crippen LogP contribution in [-0.4, -0.2) is 55.9 Å². The number of aliphatic hydroxyl groups excluding tert-OH is 4. The molecule has 0 radical (unpaired) electrons. The van der Waals surface area contributed by atoms with Gasteiger partial charge in [0.15, 0.2) is 0 Å². The van der Waals surface area contributed by atoms with E-state index in [4.69, 9.17) is 5.11 Å². The minimum absolute atomic E-state index is 0.0541. The SMILES string of the molecule is C[C@H](CCC(=O)O)[C@H]1CC[C@H]2[C@@H]3C(O)C(O)C4CC(O)CCC4(C)[C@H]3CC(O)C12C. The summed E-state index contributed by atoms with van der Waals surface area (Å²) in [4.78, 5) is 11.1. The smallest absolute Gasteiger partial charge is 0.303 e. The second kappa shape index (κ2) is 7.72. The molecule has 4 aliphatic carbocycles. The number of rotatable bonds is 4. The molecule has 30 heavy (non-hydrogen) atoms. The fraction of sp³-hybridized carbons (Fsp3) is 0.958. The molecule has 0 spiro atoms. The molecule has 0 amide bonds. The fourth-order valence-electron chi connectivity index (χ4n) is 8.72. The largest absolute Gasteiger partial charge is 0.481 e. The van der Waals surface area contributed by atoms with Crippen LogP contribution in [0.1, 0.15) is 72.1 Å². The third kappa shape index (κ3) is 3.16. The van der Waals surface area contributed by atoms with Gasteiger partial charge in [-0.1, -0.05) is 20.8 Å². The number of hydrogen-bond acceptors (Lipinski definition) is 5. The van der Waals surface area contributed by atoms with Gasteiger partial charge in [-0.15, -0.1) is 0 Å². The third-order valence-corrected chi connectivity index (χ3v) is 10.4. The van der Waals surface area contributed by atoms with E-state index in [1.54, 1.807) is 0 Å². The predicted octanol–water partition coefficient (Wildman–Crippen LogP) is 2.42. The molecule has 12 atom stereocenters. The summed E-state index contributed by atoms with van der Waals surface area (Å²) >= 11 is 0. The summed E-state index contributed by atoms with van der Waals surface area (Å²) in [6.45, 7) is 6.45. The monoisotopic (exact) mass is 424 g/mol. The average molecular weight is 425 g/mol. The highest BCUT2D eigenvalue weighted by Crippen LogP contribution is 2.68. The molecule has 0 aromatic rings. The van der Waals surface area contributed by atoms with Gasteiger partial charge in [0, 0.05) is 6.42 Å². The van der Waals surface area contributed by atoms with Gasteiger partial charge in [0.2, 0.25) is 0 Å². The van der Waals surface area contributed by atoms with Gasteiger partial charge in [-0.25, -0.2) is 0 Å². The highest BCUT2D eigenvalue weighted by molar-refractivity contribution is 5.66. The van der Waals surface area contributed by atoms with Crippen LogP contribution in [0.25, 0.3) is 0 Å². The highest BCUT2D eigenvalue weighted by atomic mass is 16.4. The maximum atomic E-state index is 11.5. The maximum Gasteiger partial charge on any atom is 0.303 e. The zero-order valence-corrected chi connectivity index (χ0v) is 18.6. The molecule has 7 unspecified atom stereocenters. The number of aliphatic hydroxyl groups is 4. The summed E-state index contributed by atoms with van der Waals surface area (Å²) in [6.07, 6.45) is 2.67. The van der Waals surface area contributed by atoms with Crippen molar-refractivity contribution in [3.63, 3.8) is 0 Å². The van der Waals surface area contributed by atoms with Crippen molar-refractivity contribution in [1.82, 2.24) is 0 Å². The van der Waals surface area contributed by atoms with E-state index in [0.29, 0.717) is 25.7 Å². The number of aliphatic carboxylic acids is 1. The Morgan fingerprint density at radius 2 is 1.67 bits per heavy atom. The van der Waals surface area contributed by atoms with Crippen molar-refractivity contribution in [3.8, 4) is 0 Å². The third-order valence-electron chi connectivity index (χ3n) is 10.4. The summed E-state index contributed by atoms with van der Waals surface area (Å²) in [5.41, 5.74) is -0.547. The van der Waals surface area contributed by atoms with E-state index in [9.17, 15) is 25.2 Å². The van der Waals surface area contributed by atoms with Crippen molar-refractivity contribution in [2.24, 2.45) is 46.3 Å². The van der Waals surface area contributed by atoms with Crippen LogP contribution in [0, 0.1) is 46.3 Å². The Balaban J connectivity index is 1.64. The number of carboxylic acids is 1. The van der Waals surface area contributed by atoms with Crippen molar-refractivity contribution in [2.75, 3.05) is 0 Å². The summed E-state index contributed by atoms with van der Waals surface area (Å²) in [5, 5.41) is 53.1. The van der Waals surface area contributed by atoms with E-state index in [1.807, 2.05) is 0 Å². The summed E-state index contributed by atoms with van der Waals surface area (Å²) in [7, 11) is 0. The van der Waals surface area contributed by atoms with Gasteiger partial charge in [-0.3, -0.25) is 4.79 Å². The lowest BCUT2D eigenvalue weighted by atomic mass is 9.42. The van der Waals surface area contributed by atoms with Gasteiger partial charge < -0.3 is 25.5 Å². The summed E-state index contributed by atoms with van der Waals surface area (Å²) < 4.78 is 0. The van der Waals surface area contributed by atoms with Crippen LogP contribution >= 0.6 is 0 Å². The van der Waals surface area contributed by atoms with Crippen LogP contribution in [0.5, 0.6) is 0 Å². The van der Waals surface area contributed by atoms with Gasteiger partial charge in [-0.05, 0) is 91.3 Å². The second-order valence-corrected chi connectivity index (χ2v) is 11.5. The zero-order valence-electron chi connectivity index (χ0n) is 18.6. The molecule has 0 aromatic carbocycles. The number of fused-ring (bicyclic) bond motifs is 5. The molecule has 6 nitrogen and oxygen atoms in total. The molecule has 5 N–H and O–H groups in total. The Hall–Kier alpha value is -0.690. The number of hydrogen-bond donors (Lipinski definition) is 5. The van der Waals surface area contributed by atoms with E-state index in [-0.39, 0.29) is 52.8 Å². The van der Waals surface area contributed by atoms with Crippen LogP contribution in [0.15, 0.2) is 0 Å². The molecule has 0 bridgehead atoms. The van der Waals surface area contributed by atoms with Crippen molar-refractivity contribution in [2.45, 2.75) is 96.6 Å². The first-order valence-corrected chi connectivity index (χ1v) is 12.0. The lowest BCUT2D eigenvalue weighted by molar-refractivity contribution is -0.243. The second-order valence-electron chi connectivity index (χ2n) is 11.5. The van der Waals surface area contributed by atoms with E-state index in [2.05, 4.69) is 20.8 Å². The van der Waals surface area contributed by atoms with Crippen LogP contribution in [0.4, 0.5) is 0 Å². The molecular formula is C24H40O6. The average Bonchev–Trinajstić information content (AvgIpc) is 3.05. The Bertz CT molecular complexity index is 668. The Morgan fingerprint density at radius 3 is 2.33 bits per heavy atom. The van der Waals surface area contributed by atoms with E-state index in [1.165, 1.54) is 0 Å². The number of carbonyl (C=O) groups is 1. The van der Waals surface area contributed by atoms with Gasteiger partial charge in [-0.2, -0.15) is 0 Å². The van der Waals surface area contributed by atoms with E-state index in [0.717, 1.165) is 19.3 Å². The Labute approximate surface area is 179 Å². The molecule has 4 rings (SSSR count). The van der Waals surface area contributed by atoms with Gasteiger partial charge in [0.1, 0.15) is 0 Å². The predicted molar refractivity (Wildman–Crippen MR) is 111 cm³/mol. The molecular weight excluding hydrogens is 384 g/mol. The minimum Gasteiger partial charge on any atom is -0.481 e. The molecule has 0 aromatic heterocycles. The van der Waals surface area contributed by atoms with Gasteiger partial charge in [0.25, 0.3) is 0 Å². The summed E-state index contributed by atoms with van der Waals surface area (Å²) in [6, 6.07) is 0. The lowest BCUT2D eigenvalue weighted by Crippen LogP contribution is -2.66. The van der Waals surface area contributed by atoms with Crippen LogP contribution in [-0.2, 0) is 4.79 Å². The molecule has 6 heteroatoms. The lowest BCUT2D eigenvalue weighted by Gasteiger charge is -2.64. The minimum atomic E-state index is -0.839. The molecule has 4 fully saturated rings. The first-order valence-electron chi connectivity index (χ1n) is 12.0. The van der Waals surface area contributed by atoms with Gasteiger partial charge >= 0.3 is 5.97 Å². The fourth-order valence-corrected chi connectivity index (χ4v) is 8.72. The van der Waals surface area contributed by atoms with Crippen molar-refractivity contribution >= 4 is 5.97 Å². The van der Waals surface area contributed by atoms with E-state index >= 15 is 0 Å². The highest BCUT2D eigenvalue weighted by Gasteiger charge is 2.67. The van der Waals surface area contributed by atoms with Crippen molar-refractivity contribution < 1.29 is 30.3 Å². The first-order chi connectivity index (χ1) is 14.0. The Morgan fingerprint density at radius 1 is 0.967 bits per heavy atom. The standard InChI is InChI=1S/C24H40O6/c1-12(4-7-19(27)28)14-5-6-15-20-16(11-18(26)24(14,15)3)23(2)9-8-13(25)10-17(23)21(29)22(20)30/h12-18,20-22,25-26,29-30H,4-11H2,1-3H3,(H,27,28)/t12-,13?,14-,15+,16+,17?,18?,20+,21?,22?,23?,24?/m1/s1. The molecule has 4 aliphatic rings. The molecule has 0 heterocycles. The molecule has 4 saturated carbocycles. The zero-order chi connectivity index (χ0) is 22.0. The molecule has 0 saturated heterocycles. The molecule has 172 valence electrons. The van der Waals surface area contributed by atoms with E-state index < -0.39 is 30.4 Å². The number of carboxylic acid groups (broad SMARTS) is 1.